The molecule has 2 rings (SSSR count). The minimum Gasteiger partial charge on any atom is -0.457 e. The Labute approximate surface area is 120 Å². The zero-order valence-corrected chi connectivity index (χ0v) is 11.9. The van der Waals surface area contributed by atoms with Gasteiger partial charge in [0.2, 0.25) is 0 Å². The second kappa shape index (κ2) is 6.54. The minimum absolute atomic E-state index is 0.0747. The summed E-state index contributed by atoms with van der Waals surface area (Å²) in [6.07, 6.45) is 2.15. The number of carbonyl (C=O) groups excluding carboxylic acids is 1. The molecule has 2 aromatic rings. The number of halogens is 1. The van der Waals surface area contributed by atoms with Crippen molar-refractivity contribution in [1.29, 1.82) is 0 Å². The molecule has 0 spiro atoms. The number of hydrogen-bond donors (Lipinski definition) is 2. The highest BCUT2D eigenvalue weighted by atomic mass is 79.9. The first-order valence-corrected chi connectivity index (χ1v) is 6.79. The number of nitrogens with two attached hydrogens (primary N) is 1. The van der Waals surface area contributed by atoms with Gasteiger partial charge in [-0.3, -0.25) is 4.79 Å². The third kappa shape index (κ3) is 3.68. The van der Waals surface area contributed by atoms with Crippen molar-refractivity contribution in [2.45, 2.75) is 12.5 Å². The zero-order chi connectivity index (χ0) is 13.7. The molecule has 0 bridgehead atoms. The molecule has 100 valence electrons. The maximum absolute atomic E-state index is 11.8. The average Bonchev–Trinajstić information content (AvgIpc) is 2.86. The van der Waals surface area contributed by atoms with E-state index in [9.17, 15) is 4.79 Å². The normalized spacial score (nSPS) is 12.1. The fourth-order valence-electron chi connectivity index (χ4n) is 1.76. The smallest absolute Gasteiger partial charge is 0.255 e. The molecular formula is C14H15BrN2O2. The van der Waals surface area contributed by atoms with Crippen LogP contribution < -0.4 is 11.1 Å². The Balaban J connectivity index is 1.81. The van der Waals surface area contributed by atoms with Gasteiger partial charge in [-0.15, -0.1) is 0 Å². The van der Waals surface area contributed by atoms with Gasteiger partial charge in [0.1, 0.15) is 0 Å². The van der Waals surface area contributed by atoms with Crippen molar-refractivity contribution in [3.8, 4) is 0 Å². The highest BCUT2D eigenvalue weighted by Crippen LogP contribution is 2.17. The molecule has 1 unspecified atom stereocenters. The van der Waals surface area contributed by atoms with Gasteiger partial charge in [0, 0.05) is 12.6 Å². The number of nitrogens with one attached hydrogen (secondary N) is 1. The van der Waals surface area contributed by atoms with Crippen LogP contribution >= 0.6 is 15.9 Å². The van der Waals surface area contributed by atoms with Crippen LogP contribution in [0.3, 0.4) is 0 Å². The third-order valence-electron chi connectivity index (χ3n) is 2.83. The lowest BCUT2D eigenvalue weighted by atomic mass is 10.1. The Morgan fingerprint density at radius 1 is 1.32 bits per heavy atom. The van der Waals surface area contributed by atoms with Gasteiger partial charge < -0.3 is 15.5 Å². The van der Waals surface area contributed by atoms with E-state index in [1.807, 2.05) is 30.3 Å². The Hall–Kier alpha value is -1.59. The van der Waals surface area contributed by atoms with Gasteiger partial charge in [-0.05, 0) is 34.0 Å². The molecule has 0 radical (unpaired) electrons. The summed E-state index contributed by atoms with van der Waals surface area (Å²) in [4.78, 5) is 11.8. The molecular weight excluding hydrogens is 308 g/mol. The highest BCUT2D eigenvalue weighted by molar-refractivity contribution is 9.10. The van der Waals surface area contributed by atoms with Crippen molar-refractivity contribution in [3.05, 3.63) is 58.5 Å². The lowest BCUT2D eigenvalue weighted by Crippen LogP contribution is -2.27. The van der Waals surface area contributed by atoms with Crippen LogP contribution in [0.2, 0.25) is 0 Å². The quantitative estimate of drug-likeness (QED) is 0.889. The number of benzene rings is 1. The minimum atomic E-state index is -0.166. The van der Waals surface area contributed by atoms with E-state index in [2.05, 4.69) is 21.2 Å². The summed E-state index contributed by atoms with van der Waals surface area (Å²) in [6.45, 7) is 0.520. The maximum Gasteiger partial charge on any atom is 0.255 e. The first-order chi connectivity index (χ1) is 9.18. The average molecular weight is 323 g/mol. The third-order valence-corrected chi connectivity index (χ3v) is 3.45. The van der Waals surface area contributed by atoms with Crippen molar-refractivity contribution in [2.75, 3.05) is 6.54 Å². The van der Waals surface area contributed by atoms with Crippen LogP contribution in [0.25, 0.3) is 0 Å². The predicted octanol–water partition coefficient (Wildman–Crippen LogP) is 2.86. The van der Waals surface area contributed by atoms with Crippen LogP contribution in [0, 0.1) is 0 Å². The summed E-state index contributed by atoms with van der Waals surface area (Å²) in [5.74, 6) is -0.166. The Kier molecular flexibility index (Phi) is 4.76. The van der Waals surface area contributed by atoms with E-state index in [4.69, 9.17) is 10.2 Å². The number of amides is 1. The molecule has 0 aliphatic carbocycles. The molecule has 1 heterocycles. The van der Waals surface area contributed by atoms with Gasteiger partial charge in [-0.1, -0.05) is 30.3 Å². The summed E-state index contributed by atoms with van der Waals surface area (Å²) >= 11 is 3.17. The summed E-state index contributed by atoms with van der Waals surface area (Å²) in [5.41, 5.74) is 7.62. The van der Waals surface area contributed by atoms with E-state index in [0.717, 1.165) is 5.56 Å². The molecule has 0 aliphatic heterocycles. The van der Waals surface area contributed by atoms with Crippen molar-refractivity contribution >= 4 is 21.8 Å². The fourth-order valence-corrected chi connectivity index (χ4v) is 2.18. The van der Waals surface area contributed by atoms with Gasteiger partial charge in [0.25, 0.3) is 5.91 Å². The number of carbonyl (C=O) groups is 1. The van der Waals surface area contributed by atoms with E-state index in [1.165, 1.54) is 6.26 Å². The number of rotatable bonds is 5. The van der Waals surface area contributed by atoms with Crippen LogP contribution in [0.15, 0.2) is 51.7 Å². The van der Waals surface area contributed by atoms with E-state index in [-0.39, 0.29) is 11.9 Å². The summed E-state index contributed by atoms with van der Waals surface area (Å²) in [5, 5.41) is 2.82. The summed E-state index contributed by atoms with van der Waals surface area (Å²) in [6, 6.07) is 11.4. The molecule has 4 nitrogen and oxygen atoms in total. The van der Waals surface area contributed by atoms with Crippen molar-refractivity contribution in [3.63, 3.8) is 0 Å². The van der Waals surface area contributed by atoms with Gasteiger partial charge in [0.05, 0.1) is 11.8 Å². The van der Waals surface area contributed by atoms with Gasteiger partial charge in [-0.2, -0.15) is 0 Å². The SMILES string of the molecule is NC(CCNC(=O)c1ccoc1Br)c1ccccc1. The lowest BCUT2D eigenvalue weighted by Gasteiger charge is -2.12. The number of furan rings is 1. The Bertz CT molecular complexity index is 539. The molecule has 0 saturated carbocycles. The second-order valence-electron chi connectivity index (χ2n) is 4.17. The van der Waals surface area contributed by atoms with Crippen LogP contribution in [-0.2, 0) is 0 Å². The van der Waals surface area contributed by atoms with E-state index >= 15 is 0 Å². The van der Waals surface area contributed by atoms with Gasteiger partial charge in [-0.25, -0.2) is 0 Å². The molecule has 0 saturated heterocycles. The van der Waals surface area contributed by atoms with E-state index in [1.54, 1.807) is 6.07 Å². The lowest BCUT2D eigenvalue weighted by molar-refractivity contribution is 0.0951. The van der Waals surface area contributed by atoms with Gasteiger partial charge >= 0.3 is 0 Å². The van der Waals surface area contributed by atoms with Crippen molar-refractivity contribution in [2.24, 2.45) is 5.73 Å². The van der Waals surface area contributed by atoms with Crippen molar-refractivity contribution < 1.29 is 9.21 Å². The highest BCUT2D eigenvalue weighted by Gasteiger charge is 2.12. The second-order valence-corrected chi connectivity index (χ2v) is 4.89. The van der Waals surface area contributed by atoms with Crippen LogP contribution in [0.4, 0.5) is 0 Å². The largest absolute Gasteiger partial charge is 0.457 e. The summed E-state index contributed by atoms with van der Waals surface area (Å²) in [7, 11) is 0. The molecule has 19 heavy (non-hydrogen) atoms. The molecule has 1 aromatic carbocycles. The molecule has 1 amide bonds. The monoisotopic (exact) mass is 322 g/mol. The molecule has 1 atom stereocenters. The first kappa shape index (κ1) is 13.8. The fraction of sp³-hybridized carbons (Fsp3) is 0.214. The van der Waals surface area contributed by atoms with Gasteiger partial charge in [0.15, 0.2) is 4.67 Å². The molecule has 5 heteroatoms. The van der Waals surface area contributed by atoms with Crippen LogP contribution in [0.5, 0.6) is 0 Å². The van der Waals surface area contributed by atoms with Crippen LogP contribution in [0.1, 0.15) is 28.4 Å². The Morgan fingerprint density at radius 2 is 2.05 bits per heavy atom. The van der Waals surface area contributed by atoms with E-state index in [0.29, 0.717) is 23.2 Å². The standard InChI is InChI=1S/C14H15BrN2O2/c15-13-11(7-9-19-13)14(18)17-8-6-12(16)10-4-2-1-3-5-10/h1-5,7,9,12H,6,8,16H2,(H,17,18). The van der Waals surface area contributed by atoms with E-state index < -0.39 is 0 Å². The molecule has 3 N–H and O–H groups in total. The molecule has 1 aromatic heterocycles. The number of hydrogen-bond acceptors (Lipinski definition) is 3. The van der Waals surface area contributed by atoms with Crippen LogP contribution in [-0.4, -0.2) is 12.5 Å². The zero-order valence-electron chi connectivity index (χ0n) is 10.3. The summed E-state index contributed by atoms with van der Waals surface area (Å²) < 4.78 is 5.46. The van der Waals surface area contributed by atoms with Crippen molar-refractivity contribution in [1.82, 2.24) is 5.32 Å². The molecule has 0 aliphatic rings. The topological polar surface area (TPSA) is 68.3 Å². The first-order valence-electron chi connectivity index (χ1n) is 6.00. The molecule has 0 fully saturated rings. The predicted molar refractivity (Wildman–Crippen MR) is 76.7 cm³/mol. The maximum atomic E-state index is 11.8. The Morgan fingerprint density at radius 3 is 2.68 bits per heavy atom.